The fourth-order valence-electron chi connectivity index (χ4n) is 1.82. The van der Waals surface area contributed by atoms with E-state index in [-0.39, 0.29) is 12.0 Å². The van der Waals surface area contributed by atoms with Crippen molar-refractivity contribution in [1.29, 1.82) is 0 Å². The predicted molar refractivity (Wildman–Crippen MR) is 74.4 cm³/mol. The lowest BCUT2D eigenvalue weighted by Gasteiger charge is -2.29. The van der Waals surface area contributed by atoms with E-state index < -0.39 is 0 Å². The summed E-state index contributed by atoms with van der Waals surface area (Å²) < 4.78 is 0. The van der Waals surface area contributed by atoms with Crippen LogP contribution < -0.4 is 11.1 Å². The molecular weight excluding hydrogens is 228 g/mol. The van der Waals surface area contributed by atoms with E-state index in [0.717, 1.165) is 30.9 Å². The van der Waals surface area contributed by atoms with E-state index in [0.29, 0.717) is 12.4 Å². The molecule has 0 atom stereocenters. The minimum Gasteiger partial charge on any atom is -0.396 e. The average Bonchev–Trinajstić information content (AvgIpc) is 2.40. The van der Waals surface area contributed by atoms with Crippen LogP contribution in [0.4, 0.5) is 11.6 Å². The van der Waals surface area contributed by atoms with Gasteiger partial charge in [0.2, 0.25) is 0 Å². The summed E-state index contributed by atoms with van der Waals surface area (Å²) >= 11 is 0. The number of hydrogen-bond donors (Lipinski definition) is 3. The Labute approximate surface area is 109 Å². The van der Waals surface area contributed by atoms with E-state index in [1.807, 2.05) is 6.92 Å². The standard InChI is InChI=1S/C13H24N4O/c1-4-11-16-10(14)7-12(17-11)15-8-13(5-2,6-3)9-18/h7,18H,4-6,8-9H2,1-3H3,(H3,14,15,16,17). The summed E-state index contributed by atoms with van der Waals surface area (Å²) in [6, 6.07) is 1.73. The zero-order chi connectivity index (χ0) is 13.6. The summed E-state index contributed by atoms with van der Waals surface area (Å²) in [6.07, 6.45) is 2.61. The Morgan fingerprint density at radius 1 is 1.28 bits per heavy atom. The van der Waals surface area contributed by atoms with Crippen molar-refractivity contribution in [3.8, 4) is 0 Å². The number of aliphatic hydroxyl groups excluding tert-OH is 1. The Balaban J connectivity index is 2.76. The zero-order valence-electron chi connectivity index (χ0n) is 11.5. The second-order valence-corrected chi connectivity index (χ2v) is 4.67. The third kappa shape index (κ3) is 3.57. The maximum Gasteiger partial charge on any atom is 0.132 e. The lowest BCUT2D eigenvalue weighted by atomic mass is 9.83. The van der Waals surface area contributed by atoms with Gasteiger partial charge in [0.15, 0.2) is 0 Å². The molecule has 0 amide bonds. The van der Waals surface area contributed by atoms with Crippen LogP contribution in [-0.4, -0.2) is 28.2 Å². The molecule has 102 valence electrons. The molecule has 0 unspecified atom stereocenters. The number of nitrogen functional groups attached to an aromatic ring is 1. The van der Waals surface area contributed by atoms with Gasteiger partial charge in [0.1, 0.15) is 17.5 Å². The van der Waals surface area contributed by atoms with E-state index in [2.05, 4.69) is 29.1 Å². The summed E-state index contributed by atoms with van der Waals surface area (Å²) in [6.45, 7) is 7.04. The zero-order valence-corrected chi connectivity index (χ0v) is 11.5. The fourth-order valence-corrected chi connectivity index (χ4v) is 1.82. The Morgan fingerprint density at radius 2 is 1.94 bits per heavy atom. The maximum absolute atomic E-state index is 9.51. The van der Waals surface area contributed by atoms with Crippen molar-refractivity contribution in [1.82, 2.24) is 9.97 Å². The van der Waals surface area contributed by atoms with Gasteiger partial charge in [-0.1, -0.05) is 20.8 Å². The number of anilines is 2. The van der Waals surface area contributed by atoms with Crippen LogP contribution in [0.1, 0.15) is 39.4 Å². The second-order valence-electron chi connectivity index (χ2n) is 4.67. The van der Waals surface area contributed by atoms with E-state index >= 15 is 0 Å². The highest BCUT2D eigenvalue weighted by Crippen LogP contribution is 2.26. The van der Waals surface area contributed by atoms with Crippen LogP contribution in [0.5, 0.6) is 0 Å². The van der Waals surface area contributed by atoms with Gasteiger partial charge in [0.25, 0.3) is 0 Å². The van der Waals surface area contributed by atoms with Gasteiger partial charge in [-0.3, -0.25) is 0 Å². The maximum atomic E-state index is 9.51. The number of aryl methyl sites for hydroxylation is 1. The average molecular weight is 252 g/mol. The van der Waals surface area contributed by atoms with Crippen molar-refractivity contribution >= 4 is 11.6 Å². The van der Waals surface area contributed by atoms with Crippen molar-refractivity contribution in [2.24, 2.45) is 5.41 Å². The summed E-state index contributed by atoms with van der Waals surface area (Å²) in [5.74, 6) is 1.95. The first-order chi connectivity index (χ1) is 8.59. The Hall–Kier alpha value is -1.36. The van der Waals surface area contributed by atoms with Crippen LogP contribution in [0, 0.1) is 5.41 Å². The number of hydrogen-bond acceptors (Lipinski definition) is 5. The molecule has 0 spiro atoms. The molecule has 1 rings (SSSR count). The highest BCUT2D eigenvalue weighted by Gasteiger charge is 2.25. The Kier molecular flexibility index (Phi) is 5.34. The smallest absolute Gasteiger partial charge is 0.132 e. The largest absolute Gasteiger partial charge is 0.396 e. The number of nitrogens with two attached hydrogens (primary N) is 1. The minimum absolute atomic E-state index is 0.0912. The van der Waals surface area contributed by atoms with Crippen LogP contribution >= 0.6 is 0 Å². The first-order valence-corrected chi connectivity index (χ1v) is 6.57. The lowest BCUT2D eigenvalue weighted by Crippen LogP contribution is -2.32. The number of nitrogens with zero attached hydrogens (tertiary/aromatic N) is 2. The van der Waals surface area contributed by atoms with E-state index in [1.54, 1.807) is 6.07 Å². The number of rotatable bonds is 7. The van der Waals surface area contributed by atoms with Crippen molar-refractivity contribution in [2.45, 2.75) is 40.0 Å². The summed E-state index contributed by atoms with van der Waals surface area (Å²) in [5.41, 5.74) is 5.64. The molecule has 0 aliphatic carbocycles. The molecule has 0 bridgehead atoms. The Bertz CT molecular complexity index is 369. The van der Waals surface area contributed by atoms with E-state index in [4.69, 9.17) is 5.73 Å². The number of nitrogens with one attached hydrogen (secondary N) is 1. The van der Waals surface area contributed by atoms with Gasteiger partial charge in [-0.2, -0.15) is 0 Å². The summed E-state index contributed by atoms with van der Waals surface area (Å²) in [7, 11) is 0. The molecule has 0 fully saturated rings. The van der Waals surface area contributed by atoms with Crippen LogP contribution in [0.25, 0.3) is 0 Å². The molecular formula is C13H24N4O. The van der Waals surface area contributed by atoms with Crippen molar-refractivity contribution in [2.75, 3.05) is 24.2 Å². The van der Waals surface area contributed by atoms with Gasteiger partial charge in [-0.05, 0) is 12.8 Å². The van der Waals surface area contributed by atoms with Crippen LogP contribution in [0.3, 0.4) is 0 Å². The molecule has 5 heteroatoms. The molecule has 1 aromatic heterocycles. The van der Waals surface area contributed by atoms with Gasteiger partial charge in [0, 0.05) is 24.4 Å². The highest BCUT2D eigenvalue weighted by atomic mass is 16.3. The molecule has 0 aliphatic rings. The predicted octanol–water partition coefficient (Wildman–Crippen LogP) is 1.83. The van der Waals surface area contributed by atoms with Crippen molar-refractivity contribution < 1.29 is 5.11 Å². The van der Waals surface area contributed by atoms with Gasteiger partial charge in [-0.25, -0.2) is 9.97 Å². The van der Waals surface area contributed by atoms with E-state index in [1.165, 1.54) is 0 Å². The van der Waals surface area contributed by atoms with Crippen molar-refractivity contribution in [3.63, 3.8) is 0 Å². The minimum atomic E-state index is -0.0912. The molecule has 4 N–H and O–H groups in total. The van der Waals surface area contributed by atoms with Gasteiger partial charge in [-0.15, -0.1) is 0 Å². The fraction of sp³-hybridized carbons (Fsp3) is 0.692. The van der Waals surface area contributed by atoms with Crippen LogP contribution in [-0.2, 0) is 6.42 Å². The second kappa shape index (κ2) is 6.54. The molecule has 0 radical (unpaired) electrons. The molecule has 0 aromatic carbocycles. The van der Waals surface area contributed by atoms with Gasteiger partial charge in [0.05, 0.1) is 6.61 Å². The third-order valence-corrected chi connectivity index (χ3v) is 3.59. The third-order valence-electron chi connectivity index (χ3n) is 3.59. The Morgan fingerprint density at radius 3 is 2.44 bits per heavy atom. The van der Waals surface area contributed by atoms with Gasteiger partial charge < -0.3 is 16.2 Å². The van der Waals surface area contributed by atoms with Gasteiger partial charge >= 0.3 is 0 Å². The normalized spacial score (nSPS) is 11.6. The molecule has 0 aliphatic heterocycles. The molecule has 0 saturated heterocycles. The molecule has 1 heterocycles. The highest BCUT2D eigenvalue weighted by molar-refractivity contribution is 5.44. The molecule has 0 saturated carbocycles. The SMILES string of the molecule is CCc1nc(N)cc(NCC(CC)(CC)CO)n1. The van der Waals surface area contributed by atoms with Crippen LogP contribution in [0.2, 0.25) is 0 Å². The van der Waals surface area contributed by atoms with Crippen LogP contribution in [0.15, 0.2) is 6.07 Å². The quantitative estimate of drug-likeness (QED) is 0.689. The van der Waals surface area contributed by atoms with E-state index in [9.17, 15) is 5.11 Å². The topological polar surface area (TPSA) is 84.1 Å². The number of aliphatic hydroxyl groups is 1. The van der Waals surface area contributed by atoms with Crippen molar-refractivity contribution in [3.05, 3.63) is 11.9 Å². The first-order valence-electron chi connectivity index (χ1n) is 6.57. The molecule has 5 nitrogen and oxygen atoms in total. The monoisotopic (exact) mass is 252 g/mol. The number of aromatic nitrogens is 2. The lowest BCUT2D eigenvalue weighted by molar-refractivity contribution is 0.127. The summed E-state index contributed by atoms with van der Waals surface area (Å²) in [4.78, 5) is 8.51. The summed E-state index contributed by atoms with van der Waals surface area (Å²) in [5, 5.41) is 12.8. The molecule has 1 aromatic rings. The molecule has 18 heavy (non-hydrogen) atoms. The first kappa shape index (κ1) is 14.7.